The summed E-state index contributed by atoms with van der Waals surface area (Å²) in [5.41, 5.74) is 1.65. The van der Waals surface area contributed by atoms with Crippen molar-refractivity contribution in [1.29, 1.82) is 0 Å². The number of sulfonamides is 1. The molecule has 0 spiro atoms. The van der Waals surface area contributed by atoms with Gasteiger partial charge in [0.15, 0.2) is 0 Å². The number of halogens is 2. The third-order valence-corrected chi connectivity index (χ3v) is 8.28. The Hall–Kier alpha value is -3.83. The van der Waals surface area contributed by atoms with Gasteiger partial charge in [0, 0.05) is 30.8 Å². The Bertz CT molecular complexity index is 1700. The fraction of sp³-hybridized carbons (Fsp3) is 0.200. The van der Waals surface area contributed by atoms with Crippen molar-refractivity contribution >= 4 is 44.1 Å². The average molecular weight is 542 g/mol. The van der Waals surface area contributed by atoms with Gasteiger partial charge < -0.3 is 5.32 Å². The van der Waals surface area contributed by atoms with Gasteiger partial charge in [-0.15, -0.1) is 0 Å². The molecule has 0 atom stereocenters. The first-order chi connectivity index (χ1) is 17.7. The molecule has 37 heavy (non-hydrogen) atoms. The Morgan fingerprint density at radius 1 is 1.11 bits per heavy atom. The predicted octanol–water partition coefficient (Wildman–Crippen LogP) is 3.75. The number of aromatic nitrogens is 3. The van der Waals surface area contributed by atoms with Crippen LogP contribution in [-0.4, -0.2) is 35.9 Å². The van der Waals surface area contributed by atoms with Gasteiger partial charge in [-0.1, -0.05) is 17.7 Å². The number of pyridine rings is 1. The maximum absolute atomic E-state index is 13.3. The van der Waals surface area contributed by atoms with Crippen LogP contribution in [0.1, 0.15) is 18.9 Å². The quantitative estimate of drug-likeness (QED) is 0.383. The van der Waals surface area contributed by atoms with Gasteiger partial charge in [-0.3, -0.25) is 23.9 Å². The molecule has 12 heteroatoms. The second-order valence-electron chi connectivity index (χ2n) is 8.77. The van der Waals surface area contributed by atoms with E-state index in [9.17, 15) is 22.4 Å². The molecule has 2 heterocycles. The molecular formula is C25H21ClFN5O4S. The Balaban J connectivity index is 1.44. The van der Waals surface area contributed by atoms with E-state index in [1.807, 2.05) is 0 Å². The zero-order valence-corrected chi connectivity index (χ0v) is 21.1. The van der Waals surface area contributed by atoms with Crippen LogP contribution in [0.3, 0.4) is 0 Å². The molecule has 2 aromatic carbocycles. The van der Waals surface area contributed by atoms with Crippen molar-refractivity contribution in [2.45, 2.75) is 23.8 Å². The van der Waals surface area contributed by atoms with E-state index in [0.717, 1.165) is 18.2 Å². The zero-order chi connectivity index (χ0) is 26.3. The molecule has 2 N–H and O–H groups in total. The normalized spacial score (nSPS) is 17.3. The van der Waals surface area contributed by atoms with Crippen LogP contribution in [-0.2, 0) is 14.8 Å². The molecule has 5 rings (SSSR count). The van der Waals surface area contributed by atoms with Crippen LogP contribution >= 0.6 is 11.6 Å². The fourth-order valence-corrected chi connectivity index (χ4v) is 5.93. The third-order valence-electron chi connectivity index (χ3n) is 6.41. The zero-order valence-electron chi connectivity index (χ0n) is 19.5. The minimum absolute atomic E-state index is 0.0370. The fourth-order valence-electron chi connectivity index (χ4n) is 4.37. The third kappa shape index (κ3) is 4.79. The molecule has 1 aliphatic rings. The van der Waals surface area contributed by atoms with Crippen molar-refractivity contribution < 1.29 is 17.6 Å². The molecule has 0 unspecified atom stereocenters. The van der Waals surface area contributed by atoms with Gasteiger partial charge in [-0.25, -0.2) is 17.8 Å². The minimum atomic E-state index is -4.11. The highest BCUT2D eigenvalue weighted by Crippen LogP contribution is 2.37. The Kier molecular flexibility index (Phi) is 6.42. The topological polar surface area (TPSA) is 123 Å². The number of rotatable bonds is 6. The number of hydrogen-bond donors (Lipinski definition) is 2. The number of carbonyl (C=O) groups is 1. The number of carbonyl (C=O) groups excluding carboxylic acids is 1. The van der Waals surface area contributed by atoms with Crippen molar-refractivity contribution in [2.75, 3.05) is 11.8 Å². The van der Waals surface area contributed by atoms with Crippen molar-refractivity contribution in [3.63, 3.8) is 0 Å². The number of nitrogens with one attached hydrogen (secondary N) is 2. The lowest BCUT2D eigenvalue weighted by atomic mass is 9.79. The van der Waals surface area contributed by atoms with E-state index >= 15 is 0 Å². The first-order valence-electron chi connectivity index (χ1n) is 11.3. The van der Waals surface area contributed by atoms with Gasteiger partial charge in [0.1, 0.15) is 10.7 Å². The smallest absolute Gasteiger partial charge is 0.263 e. The van der Waals surface area contributed by atoms with E-state index in [1.54, 1.807) is 42.1 Å². The van der Waals surface area contributed by atoms with Crippen LogP contribution < -0.4 is 15.6 Å². The average Bonchev–Trinajstić information content (AvgIpc) is 2.83. The molecule has 1 amide bonds. The summed E-state index contributed by atoms with van der Waals surface area (Å²) in [7, 11) is -2.51. The number of amides is 1. The largest absolute Gasteiger partial charge is 0.359 e. The lowest BCUT2D eigenvalue weighted by molar-refractivity contribution is -0.128. The van der Waals surface area contributed by atoms with Crippen molar-refractivity contribution in [1.82, 2.24) is 19.9 Å². The molecular weight excluding hydrogens is 521 g/mol. The molecule has 0 radical (unpaired) electrons. The maximum Gasteiger partial charge on any atom is 0.263 e. The standard InChI is InChI=1S/C25H21ClFN5O4S/c1-28-24(33)15-7-19(8-15)32-13-30-22-4-2-14(9-20(22)25(32)34)16-6-18(12-29-11-16)31-37(35,36)23-5-3-17(27)10-21(23)26/h2-6,9-13,15,19,31H,7-8H2,1H3,(H,28,33)/t15-,19-. The molecule has 1 fully saturated rings. The molecule has 1 aliphatic carbocycles. The molecule has 9 nitrogen and oxygen atoms in total. The van der Waals surface area contributed by atoms with Gasteiger partial charge in [0.2, 0.25) is 5.91 Å². The van der Waals surface area contributed by atoms with E-state index in [1.165, 1.54) is 12.5 Å². The van der Waals surface area contributed by atoms with Crippen LogP contribution in [0.15, 0.2) is 70.9 Å². The summed E-state index contributed by atoms with van der Waals surface area (Å²) in [6.07, 6.45) is 5.51. The van der Waals surface area contributed by atoms with Gasteiger partial charge in [0.25, 0.3) is 15.6 Å². The van der Waals surface area contributed by atoms with E-state index in [-0.39, 0.29) is 39.0 Å². The molecule has 190 valence electrons. The highest BCUT2D eigenvalue weighted by molar-refractivity contribution is 7.92. The first kappa shape index (κ1) is 24.8. The number of nitrogens with zero attached hydrogens (tertiary/aromatic N) is 3. The van der Waals surface area contributed by atoms with Gasteiger partial charge in [-0.05, 0) is 54.8 Å². The lowest BCUT2D eigenvalue weighted by Crippen LogP contribution is -2.41. The van der Waals surface area contributed by atoms with E-state index in [2.05, 4.69) is 20.0 Å². The van der Waals surface area contributed by atoms with Gasteiger partial charge in [0.05, 0.1) is 34.1 Å². The number of anilines is 1. The number of hydrogen-bond acceptors (Lipinski definition) is 6. The van der Waals surface area contributed by atoms with Crippen LogP contribution in [0.2, 0.25) is 5.02 Å². The number of fused-ring (bicyclic) bond motifs is 1. The molecule has 4 aromatic rings. The molecule has 1 saturated carbocycles. The van der Waals surface area contributed by atoms with Crippen molar-refractivity contribution in [3.05, 3.63) is 82.4 Å². The molecule has 0 aliphatic heterocycles. The predicted molar refractivity (Wildman–Crippen MR) is 137 cm³/mol. The summed E-state index contributed by atoms with van der Waals surface area (Å²) in [6, 6.07) is 9.62. The highest BCUT2D eigenvalue weighted by Gasteiger charge is 2.35. The Morgan fingerprint density at radius 2 is 1.89 bits per heavy atom. The SMILES string of the molecule is CNC(=O)[C@H]1C[C@H](n2cnc3ccc(-c4cncc(NS(=O)(=O)c5ccc(F)cc5Cl)c4)cc3c2=O)C1. The van der Waals surface area contributed by atoms with Crippen molar-refractivity contribution in [2.24, 2.45) is 5.92 Å². The van der Waals surface area contributed by atoms with Crippen LogP contribution in [0, 0.1) is 11.7 Å². The maximum atomic E-state index is 13.3. The number of benzene rings is 2. The monoisotopic (exact) mass is 541 g/mol. The first-order valence-corrected chi connectivity index (χ1v) is 13.2. The second-order valence-corrected chi connectivity index (χ2v) is 10.8. The van der Waals surface area contributed by atoms with E-state index in [4.69, 9.17) is 11.6 Å². The summed E-state index contributed by atoms with van der Waals surface area (Å²) in [6.45, 7) is 0. The van der Waals surface area contributed by atoms with Crippen LogP contribution in [0.25, 0.3) is 22.0 Å². The Morgan fingerprint density at radius 3 is 2.62 bits per heavy atom. The van der Waals surface area contributed by atoms with Gasteiger partial charge in [-0.2, -0.15) is 0 Å². The summed E-state index contributed by atoms with van der Waals surface area (Å²) >= 11 is 5.93. The summed E-state index contributed by atoms with van der Waals surface area (Å²) in [5, 5.41) is 2.78. The molecule has 0 saturated heterocycles. The van der Waals surface area contributed by atoms with Crippen molar-refractivity contribution in [3.8, 4) is 11.1 Å². The lowest BCUT2D eigenvalue weighted by Gasteiger charge is -2.34. The summed E-state index contributed by atoms with van der Waals surface area (Å²) in [5.74, 6) is -0.808. The van der Waals surface area contributed by atoms with E-state index < -0.39 is 15.8 Å². The summed E-state index contributed by atoms with van der Waals surface area (Å²) < 4.78 is 42.9. The van der Waals surface area contributed by atoms with Crippen LogP contribution in [0.4, 0.5) is 10.1 Å². The summed E-state index contributed by atoms with van der Waals surface area (Å²) in [4.78, 5) is 33.3. The second kappa shape index (κ2) is 9.56. The minimum Gasteiger partial charge on any atom is -0.359 e. The van der Waals surface area contributed by atoms with Gasteiger partial charge >= 0.3 is 0 Å². The highest BCUT2D eigenvalue weighted by atomic mass is 35.5. The Labute approximate surface area is 216 Å². The molecule has 0 bridgehead atoms. The van der Waals surface area contributed by atoms with Crippen LogP contribution in [0.5, 0.6) is 0 Å². The van der Waals surface area contributed by atoms with E-state index in [0.29, 0.717) is 34.9 Å². The molecule has 2 aromatic heterocycles.